The van der Waals surface area contributed by atoms with Crippen LogP contribution in [0.3, 0.4) is 0 Å². The minimum atomic E-state index is -0.417. The topological polar surface area (TPSA) is 31.9 Å². The standard InChI is InChI=1S/2C3H9N.C3H7O.BrH/c2*1-4(2)3;1-3(2)4;/h2*1-3H3;3H,1-2H3;1H/q;;-1;/p+1. The molecule has 0 fully saturated rings. The predicted octanol–water partition coefficient (Wildman–Crippen LogP) is -5.72. The highest BCUT2D eigenvalue weighted by atomic mass is 79.9. The van der Waals surface area contributed by atoms with Crippen LogP contribution in [-0.4, -0.2) is 48.4 Å². The van der Waals surface area contributed by atoms with Crippen molar-refractivity contribution in [1.29, 1.82) is 0 Å². The van der Waals surface area contributed by atoms with Crippen molar-refractivity contribution in [2.24, 2.45) is 0 Å². The molecule has 0 heterocycles. The van der Waals surface area contributed by atoms with Gasteiger partial charge in [0.1, 0.15) is 0 Å². The van der Waals surface area contributed by atoms with Crippen LogP contribution in [0, 0.1) is 0 Å². The Labute approximate surface area is 94.5 Å². The molecule has 0 unspecified atom stereocenters. The summed E-state index contributed by atoms with van der Waals surface area (Å²) in [6.07, 6.45) is -0.417. The summed E-state index contributed by atoms with van der Waals surface area (Å²) in [7, 11) is 12.5. The first-order chi connectivity index (χ1) is 5.20. The molecule has 0 saturated heterocycles. The van der Waals surface area contributed by atoms with Gasteiger partial charge in [0, 0.05) is 0 Å². The number of rotatable bonds is 0. The fourth-order valence-corrected chi connectivity index (χ4v) is 0. The molecule has 3 nitrogen and oxygen atoms in total. The Morgan fingerprint density at radius 2 is 0.769 bits per heavy atom. The molecule has 2 N–H and O–H groups in total. The Bertz CT molecular complexity index is 46.1. The van der Waals surface area contributed by atoms with Crippen LogP contribution in [0.4, 0.5) is 0 Å². The minimum Gasteiger partial charge on any atom is -1.00 e. The largest absolute Gasteiger partial charge is 1.00 e. The van der Waals surface area contributed by atoms with Gasteiger partial charge in [-0.2, -0.15) is 0 Å². The summed E-state index contributed by atoms with van der Waals surface area (Å²) in [5.41, 5.74) is 0. The van der Waals surface area contributed by atoms with Crippen molar-refractivity contribution in [3.8, 4) is 0 Å². The molecule has 4 heteroatoms. The number of hydrogen-bond acceptors (Lipinski definition) is 1. The van der Waals surface area contributed by atoms with E-state index in [0.29, 0.717) is 0 Å². The van der Waals surface area contributed by atoms with Gasteiger partial charge in [0.15, 0.2) is 0 Å². The Morgan fingerprint density at radius 3 is 0.769 bits per heavy atom. The lowest BCUT2D eigenvalue weighted by molar-refractivity contribution is -0.836. The predicted molar refractivity (Wildman–Crippen MR) is 52.6 cm³/mol. The quantitative estimate of drug-likeness (QED) is 0.446. The average Bonchev–Trinajstić information content (AvgIpc) is 1.54. The summed E-state index contributed by atoms with van der Waals surface area (Å²) in [4.78, 5) is 2.83. The molecule has 0 aliphatic carbocycles. The van der Waals surface area contributed by atoms with Crippen molar-refractivity contribution in [1.82, 2.24) is 0 Å². The van der Waals surface area contributed by atoms with Crippen LogP contribution < -0.4 is 31.9 Å². The van der Waals surface area contributed by atoms with Gasteiger partial charge in [-0.15, -0.1) is 6.10 Å². The van der Waals surface area contributed by atoms with Crippen molar-refractivity contribution in [3.05, 3.63) is 0 Å². The van der Waals surface area contributed by atoms with E-state index >= 15 is 0 Å². The maximum Gasteiger partial charge on any atom is 0.0661 e. The summed E-state index contributed by atoms with van der Waals surface area (Å²) in [6, 6.07) is 0. The van der Waals surface area contributed by atoms with E-state index in [4.69, 9.17) is 0 Å². The molecule has 0 rings (SSSR count). The lowest BCUT2D eigenvalue weighted by Crippen LogP contribution is -3.02. The number of quaternary nitrogens is 2. The molecule has 0 aliphatic heterocycles. The molecule has 0 aromatic rings. The third-order valence-electron chi connectivity index (χ3n) is 0. The van der Waals surface area contributed by atoms with Crippen molar-refractivity contribution >= 4 is 0 Å². The molecular weight excluding hydrogens is 232 g/mol. The van der Waals surface area contributed by atoms with Crippen LogP contribution in [0.1, 0.15) is 13.8 Å². The van der Waals surface area contributed by atoms with E-state index in [0.717, 1.165) is 0 Å². The van der Waals surface area contributed by atoms with Gasteiger partial charge >= 0.3 is 0 Å². The molecule has 0 radical (unpaired) electrons. The molecule has 0 aromatic carbocycles. The maximum atomic E-state index is 9.53. The second kappa shape index (κ2) is 18.2. The van der Waals surface area contributed by atoms with Crippen molar-refractivity contribution < 1.29 is 31.9 Å². The van der Waals surface area contributed by atoms with E-state index in [-0.39, 0.29) is 17.0 Å². The van der Waals surface area contributed by atoms with Gasteiger partial charge in [0.05, 0.1) is 42.3 Å². The highest BCUT2D eigenvalue weighted by molar-refractivity contribution is 4.17. The van der Waals surface area contributed by atoms with Crippen LogP contribution in [0.25, 0.3) is 0 Å². The average molecular weight is 259 g/mol. The molecule has 0 saturated carbocycles. The highest BCUT2D eigenvalue weighted by Crippen LogP contribution is 1.57. The molecule has 0 atom stereocenters. The lowest BCUT2D eigenvalue weighted by Gasteiger charge is -2.02. The molecule has 0 aromatic heterocycles. The van der Waals surface area contributed by atoms with Gasteiger partial charge in [-0.05, 0) is 0 Å². The van der Waals surface area contributed by atoms with E-state index in [2.05, 4.69) is 42.3 Å². The Morgan fingerprint density at radius 1 is 0.769 bits per heavy atom. The van der Waals surface area contributed by atoms with Gasteiger partial charge in [0.2, 0.25) is 0 Å². The first-order valence-corrected chi connectivity index (χ1v) is 4.39. The van der Waals surface area contributed by atoms with Crippen LogP contribution in [-0.2, 0) is 0 Å². The van der Waals surface area contributed by atoms with E-state index in [1.807, 2.05) is 0 Å². The molecule has 86 valence electrons. The zero-order valence-electron chi connectivity index (χ0n) is 10.4. The normalized spacial score (nSPS) is 8.31. The van der Waals surface area contributed by atoms with Crippen molar-refractivity contribution in [2.75, 3.05) is 42.3 Å². The van der Waals surface area contributed by atoms with E-state index in [9.17, 15) is 5.11 Å². The van der Waals surface area contributed by atoms with Crippen molar-refractivity contribution in [2.45, 2.75) is 20.0 Å². The second-order valence-corrected chi connectivity index (χ2v) is 4.05. The van der Waals surface area contributed by atoms with Crippen LogP contribution in [0.5, 0.6) is 0 Å². The summed E-state index contributed by atoms with van der Waals surface area (Å²) >= 11 is 0. The van der Waals surface area contributed by atoms with Gasteiger partial charge in [-0.3, -0.25) is 0 Å². The second-order valence-electron chi connectivity index (χ2n) is 4.05. The fraction of sp³-hybridized carbons (Fsp3) is 1.00. The summed E-state index contributed by atoms with van der Waals surface area (Å²) < 4.78 is 0. The Balaban J connectivity index is -0.0000000450. The van der Waals surface area contributed by atoms with Crippen LogP contribution in [0.2, 0.25) is 0 Å². The van der Waals surface area contributed by atoms with Gasteiger partial charge in [-0.25, -0.2) is 0 Å². The molecule has 0 bridgehead atoms. The third-order valence-corrected chi connectivity index (χ3v) is 0. The van der Waals surface area contributed by atoms with Gasteiger partial charge in [0.25, 0.3) is 0 Å². The van der Waals surface area contributed by atoms with Crippen LogP contribution in [0.15, 0.2) is 0 Å². The molecule has 0 spiro atoms. The molecule has 0 aliphatic rings. The lowest BCUT2D eigenvalue weighted by atomic mass is 10.5. The maximum absolute atomic E-state index is 9.53. The summed E-state index contributed by atoms with van der Waals surface area (Å²) in [6.45, 7) is 3.22. The summed E-state index contributed by atoms with van der Waals surface area (Å²) in [5, 5.41) is 9.53. The SMILES string of the molecule is CC(C)[O-].C[NH+](C)C.C[NH+](C)C.[Br-]. The first kappa shape index (κ1) is 23.3. The van der Waals surface area contributed by atoms with E-state index < -0.39 is 6.10 Å². The van der Waals surface area contributed by atoms with Gasteiger partial charge in [-0.1, -0.05) is 13.8 Å². The zero-order chi connectivity index (χ0) is 10.7. The number of nitrogens with one attached hydrogen (secondary N) is 2. The number of halogens is 1. The monoisotopic (exact) mass is 258 g/mol. The van der Waals surface area contributed by atoms with Crippen molar-refractivity contribution in [3.63, 3.8) is 0 Å². The molecule has 0 amide bonds. The minimum absolute atomic E-state index is 0. The third kappa shape index (κ3) is 10200. The van der Waals surface area contributed by atoms with Gasteiger partial charge < -0.3 is 31.9 Å². The Hall–Kier alpha value is 0.360. The first-order valence-electron chi connectivity index (χ1n) is 4.39. The molecular formula is C9H27BrN2O. The fourth-order valence-electron chi connectivity index (χ4n) is 0. The smallest absolute Gasteiger partial charge is 0.0661 e. The van der Waals surface area contributed by atoms with E-state index in [1.165, 1.54) is 9.80 Å². The number of hydrogen-bond donors (Lipinski definition) is 2. The zero-order valence-corrected chi connectivity index (χ0v) is 11.9. The van der Waals surface area contributed by atoms with E-state index in [1.54, 1.807) is 13.8 Å². The molecule has 13 heavy (non-hydrogen) atoms. The highest BCUT2D eigenvalue weighted by Gasteiger charge is 1.61. The Kier molecular flexibility index (Phi) is 32.6. The van der Waals surface area contributed by atoms with Crippen LogP contribution >= 0.6 is 0 Å². The summed E-state index contributed by atoms with van der Waals surface area (Å²) in [5.74, 6) is 0.